The Hall–Kier alpha value is -1.46. The second-order valence-corrected chi connectivity index (χ2v) is 5.83. The van der Waals surface area contributed by atoms with Crippen molar-refractivity contribution in [2.45, 2.75) is 25.7 Å². The minimum atomic E-state index is 0.0781. The monoisotopic (exact) mass is 277 g/mol. The van der Waals surface area contributed by atoms with Gasteiger partial charge in [-0.3, -0.25) is 10.2 Å². The van der Waals surface area contributed by atoms with Crippen molar-refractivity contribution in [3.8, 4) is 0 Å². The summed E-state index contributed by atoms with van der Waals surface area (Å²) in [5.74, 6) is 0.0781. The third-order valence-electron chi connectivity index (χ3n) is 2.73. The third-order valence-corrected chi connectivity index (χ3v) is 3.83. The maximum Gasteiger partial charge on any atom is 0.234 e. The number of carbonyl (C=O) groups is 1. The van der Waals surface area contributed by atoms with Gasteiger partial charge in [0.05, 0.1) is 15.2 Å². The van der Waals surface area contributed by atoms with Crippen LogP contribution in [0.2, 0.25) is 0 Å². The summed E-state index contributed by atoms with van der Waals surface area (Å²) in [7, 11) is 3.64. The van der Waals surface area contributed by atoms with E-state index in [1.165, 1.54) is 4.70 Å². The summed E-state index contributed by atoms with van der Waals surface area (Å²) in [6.45, 7) is 0. The molecule has 0 aliphatic carbocycles. The average molecular weight is 277 g/mol. The number of fused-ring (bicyclic) bond motifs is 1. The lowest BCUT2D eigenvalue weighted by Crippen LogP contribution is -2.35. The van der Waals surface area contributed by atoms with Crippen LogP contribution in [0.25, 0.3) is 10.2 Å². The molecule has 0 atom stereocenters. The lowest BCUT2D eigenvalue weighted by atomic mass is 10.2. The van der Waals surface area contributed by atoms with Crippen LogP contribution in [0.1, 0.15) is 24.3 Å². The highest BCUT2D eigenvalue weighted by atomic mass is 32.1. The molecule has 0 saturated heterocycles. The Morgan fingerprint density at radius 1 is 1.32 bits per heavy atom. The molecular formula is C14H19N3OS. The van der Waals surface area contributed by atoms with Gasteiger partial charge >= 0.3 is 0 Å². The van der Waals surface area contributed by atoms with Crippen LogP contribution in [0.15, 0.2) is 24.3 Å². The van der Waals surface area contributed by atoms with Gasteiger partial charge in [-0.05, 0) is 31.4 Å². The molecule has 0 aliphatic heterocycles. The van der Waals surface area contributed by atoms with Gasteiger partial charge in [-0.25, -0.2) is 9.99 Å². The van der Waals surface area contributed by atoms with Gasteiger partial charge in [0, 0.05) is 20.5 Å². The molecule has 0 radical (unpaired) electrons. The van der Waals surface area contributed by atoms with Crippen molar-refractivity contribution in [3.05, 3.63) is 29.3 Å². The minimum absolute atomic E-state index is 0.0781. The lowest BCUT2D eigenvalue weighted by Gasteiger charge is -2.11. The van der Waals surface area contributed by atoms with E-state index < -0.39 is 0 Å². The average Bonchev–Trinajstić information content (AvgIpc) is 2.76. The number of aryl methyl sites for hydroxylation is 1. The first-order valence-corrected chi connectivity index (χ1v) is 7.28. The van der Waals surface area contributed by atoms with Crippen molar-refractivity contribution in [3.63, 3.8) is 0 Å². The van der Waals surface area contributed by atoms with Crippen molar-refractivity contribution in [1.82, 2.24) is 15.4 Å². The smallest absolute Gasteiger partial charge is 0.234 e. The van der Waals surface area contributed by atoms with Gasteiger partial charge in [0.2, 0.25) is 5.91 Å². The number of benzene rings is 1. The first-order chi connectivity index (χ1) is 9.15. The second-order valence-electron chi connectivity index (χ2n) is 4.71. The van der Waals surface area contributed by atoms with Crippen LogP contribution < -0.4 is 5.43 Å². The quantitative estimate of drug-likeness (QED) is 0.652. The van der Waals surface area contributed by atoms with E-state index in [0.29, 0.717) is 6.42 Å². The van der Waals surface area contributed by atoms with E-state index in [1.807, 2.05) is 32.3 Å². The highest BCUT2D eigenvalue weighted by molar-refractivity contribution is 7.18. The van der Waals surface area contributed by atoms with E-state index in [0.717, 1.165) is 29.8 Å². The van der Waals surface area contributed by atoms with Gasteiger partial charge < -0.3 is 0 Å². The molecule has 19 heavy (non-hydrogen) atoms. The number of rotatable bonds is 6. The van der Waals surface area contributed by atoms with Crippen molar-refractivity contribution in [2.24, 2.45) is 0 Å². The van der Waals surface area contributed by atoms with Crippen molar-refractivity contribution in [2.75, 3.05) is 14.1 Å². The number of nitrogens with one attached hydrogen (secondary N) is 1. The first kappa shape index (κ1) is 14.0. The van der Waals surface area contributed by atoms with Crippen molar-refractivity contribution in [1.29, 1.82) is 0 Å². The molecule has 2 aromatic rings. The number of nitrogens with zero attached hydrogens (tertiary/aromatic N) is 2. The highest BCUT2D eigenvalue weighted by Crippen LogP contribution is 2.22. The standard InChI is InChI=1S/C14H19N3OS/c1-17(2)16-13(18)9-5-6-10-14-15-11-7-3-4-8-12(11)19-14/h3-4,7-8H,5-6,9-10H2,1-2H3,(H,16,18). The van der Waals surface area contributed by atoms with Gasteiger partial charge in [0.1, 0.15) is 0 Å². The van der Waals surface area contributed by atoms with Crippen LogP contribution in [0.4, 0.5) is 0 Å². The van der Waals surface area contributed by atoms with Gasteiger partial charge in [0.15, 0.2) is 0 Å². The fraction of sp³-hybridized carbons (Fsp3) is 0.429. The van der Waals surface area contributed by atoms with Crippen LogP contribution in [0.5, 0.6) is 0 Å². The van der Waals surface area contributed by atoms with E-state index in [2.05, 4.69) is 16.5 Å². The molecule has 1 amide bonds. The Balaban J connectivity index is 1.75. The minimum Gasteiger partial charge on any atom is -0.289 e. The molecule has 102 valence electrons. The molecule has 1 aromatic carbocycles. The van der Waals surface area contributed by atoms with Crippen LogP contribution in [-0.4, -0.2) is 30.0 Å². The van der Waals surface area contributed by atoms with Crippen LogP contribution in [0, 0.1) is 0 Å². The number of hydrogen-bond acceptors (Lipinski definition) is 4. The Bertz CT molecular complexity index is 517. The van der Waals surface area contributed by atoms with E-state index in [-0.39, 0.29) is 5.91 Å². The topological polar surface area (TPSA) is 45.2 Å². The summed E-state index contributed by atoms with van der Waals surface area (Å²) in [4.78, 5) is 16.0. The van der Waals surface area contributed by atoms with Gasteiger partial charge in [-0.1, -0.05) is 12.1 Å². The van der Waals surface area contributed by atoms with Crippen molar-refractivity contribution < 1.29 is 4.79 Å². The summed E-state index contributed by atoms with van der Waals surface area (Å²) in [6.07, 6.45) is 3.42. The molecule has 1 heterocycles. The van der Waals surface area contributed by atoms with Crippen LogP contribution in [-0.2, 0) is 11.2 Å². The van der Waals surface area contributed by atoms with E-state index in [1.54, 1.807) is 16.3 Å². The Morgan fingerprint density at radius 3 is 2.84 bits per heavy atom. The number of para-hydroxylation sites is 1. The Labute approximate surface area is 117 Å². The molecule has 0 bridgehead atoms. The summed E-state index contributed by atoms with van der Waals surface area (Å²) in [5.41, 5.74) is 3.82. The zero-order chi connectivity index (χ0) is 13.7. The number of amides is 1. The van der Waals surface area contributed by atoms with Crippen LogP contribution >= 0.6 is 11.3 Å². The van der Waals surface area contributed by atoms with E-state index >= 15 is 0 Å². The number of unbranched alkanes of at least 4 members (excludes halogenated alkanes) is 1. The molecule has 2 rings (SSSR count). The number of carbonyl (C=O) groups excluding carboxylic acids is 1. The summed E-state index contributed by atoms with van der Waals surface area (Å²) in [6, 6.07) is 8.19. The van der Waals surface area contributed by atoms with E-state index in [9.17, 15) is 4.79 Å². The highest BCUT2D eigenvalue weighted by Gasteiger charge is 2.05. The maximum atomic E-state index is 11.4. The van der Waals surface area contributed by atoms with E-state index in [4.69, 9.17) is 0 Å². The molecule has 0 saturated carbocycles. The van der Waals surface area contributed by atoms with Crippen molar-refractivity contribution >= 4 is 27.5 Å². The largest absolute Gasteiger partial charge is 0.289 e. The summed E-state index contributed by atoms with van der Waals surface area (Å²) < 4.78 is 1.24. The molecule has 0 spiro atoms. The predicted molar refractivity (Wildman–Crippen MR) is 79.0 cm³/mol. The third kappa shape index (κ3) is 4.29. The van der Waals surface area contributed by atoms with Gasteiger partial charge in [0.25, 0.3) is 0 Å². The summed E-state index contributed by atoms with van der Waals surface area (Å²) in [5, 5.41) is 2.84. The fourth-order valence-electron chi connectivity index (χ4n) is 1.89. The molecule has 0 aliphatic rings. The molecule has 5 heteroatoms. The van der Waals surface area contributed by atoms with Crippen LogP contribution in [0.3, 0.4) is 0 Å². The lowest BCUT2D eigenvalue weighted by molar-refractivity contribution is -0.124. The molecule has 0 fully saturated rings. The SMILES string of the molecule is CN(C)NC(=O)CCCCc1nc2ccccc2s1. The molecule has 1 aromatic heterocycles. The number of hydrogen-bond donors (Lipinski definition) is 1. The van der Waals surface area contributed by atoms with Gasteiger partial charge in [-0.2, -0.15) is 0 Å². The number of thiazole rings is 1. The molecule has 4 nitrogen and oxygen atoms in total. The summed E-state index contributed by atoms with van der Waals surface area (Å²) >= 11 is 1.75. The van der Waals surface area contributed by atoms with Gasteiger partial charge in [-0.15, -0.1) is 11.3 Å². The number of aromatic nitrogens is 1. The molecular weight excluding hydrogens is 258 g/mol. The molecule has 0 unspecified atom stereocenters. The molecule has 1 N–H and O–H groups in total. The normalized spacial score (nSPS) is 11.1. The predicted octanol–water partition coefficient (Wildman–Crippen LogP) is 2.60. The fourth-order valence-corrected chi connectivity index (χ4v) is 2.90. The first-order valence-electron chi connectivity index (χ1n) is 6.46. The maximum absolute atomic E-state index is 11.4. The zero-order valence-corrected chi connectivity index (χ0v) is 12.2. The second kappa shape index (κ2) is 6.63. The Morgan fingerprint density at radius 2 is 2.11 bits per heavy atom. The zero-order valence-electron chi connectivity index (χ0n) is 11.3. The Kier molecular flexibility index (Phi) is 4.87. The number of hydrazine groups is 1.